The molecule has 2 nitrogen and oxygen atoms in total. The molecule has 20 heavy (non-hydrogen) atoms. The maximum Gasteiger partial charge on any atom is 0.122 e. The number of para-hydroxylation sites is 1. The molecule has 1 heterocycles. The van der Waals surface area contributed by atoms with Crippen LogP contribution in [0, 0.1) is 0 Å². The second-order valence-corrected chi connectivity index (χ2v) is 5.85. The number of nitrogens with one attached hydrogen (secondary N) is 1. The molecular weight excluding hydrogens is 246 g/mol. The van der Waals surface area contributed by atoms with Crippen molar-refractivity contribution in [1.29, 1.82) is 0 Å². The molecular formula is C18H29NO. The summed E-state index contributed by atoms with van der Waals surface area (Å²) in [4.78, 5) is 0. The van der Waals surface area contributed by atoms with Crippen molar-refractivity contribution < 1.29 is 4.74 Å². The van der Waals surface area contributed by atoms with Gasteiger partial charge in [-0.1, -0.05) is 44.9 Å². The van der Waals surface area contributed by atoms with Gasteiger partial charge < -0.3 is 10.1 Å². The number of ether oxygens (including phenoxy) is 1. The molecule has 1 aromatic carbocycles. The zero-order chi connectivity index (χ0) is 14.2. The highest BCUT2D eigenvalue weighted by atomic mass is 16.5. The van der Waals surface area contributed by atoms with Crippen molar-refractivity contribution >= 4 is 0 Å². The second kappa shape index (κ2) is 8.31. The first-order valence-electron chi connectivity index (χ1n) is 8.30. The fraction of sp³-hybridized carbons (Fsp3) is 0.667. The number of hydrogen-bond acceptors (Lipinski definition) is 2. The van der Waals surface area contributed by atoms with Crippen molar-refractivity contribution in [3.63, 3.8) is 0 Å². The van der Waals surface area contributed by atoms with Crippen molar-refractivity contribution in [3.05, 3.63) is 29.8 Å². The van der Waals surface area contributed by atoms with E-state index in [4.69, 9.17) is 4.74 Å². The number of benzene rings is 1. The molecule has 0 fully saturated rings. The van der Waals surface area contributed by atoms with Gasteiger partial charge in [0.2, 0.25) is 0 Å². The lowest BCUT2D eigenvalue weighted by molar-refractivity contribution is 0.260. The van der Waals surface area contributed by atoms with Gasteiger partial charge in [-0.25, -0.2) is 0 Å². The third-order valence-corrected chi connectivity index (χ3v) is 4.32. The van der Waals surface area contributed by atoms with E-state index in [2.05, 4.69) is 43.4 Å². The third kappa shape index (κ3) is 4.24. The van der Waals surface area contributed by atoms with Gasteiger partial charge in [0.15, 0.2) is 0 Å². The molecule has 1 aromatic rings. The molecule has 0 bridgehead atoms. The maximum atomic E-state index is 5.75. The topological polar surface area (TPSA) is 21.3 Å². The first-order chi connectivity index (χ1) is 9.85. The van der Waals surface area contributed by atoms with Crippen LogP contribution < -0.4 is 10.1 Å². The number of rotatable bonds is 8. The molecule has 1 aliphatic rings. The summed E-state index contributed by atoms with van der Waals surface area (Å²) in [7, 11) is 0. The van der Waals surface area contributed by atoms with E-state index >= 15 is 0 Å². The highest BCUT2D eigenvalue weighted by Crippen LogP contribution is 2.36. The molecule has 2 atom stereocenters. The predicted molar refractivity (Wildman–Crippen MR) is 85.5 cm³/mol. The summed E-state index contributed by atoms with van der Waals surface area (Å²) in [6, 6.07) is 9.27. The molecule has 0 aromatic heterocycles. The summed E-state index contributed by atoms with van der Waals surface area (Å²) in [6.45, 7) is 6.45. The lowest BCUT2D eigenvalue weighted by Gasteiger charge is -2.26. The van der Waals surface area contributed by atoms with Crippen molar-refractivity contribution in [1.82, 2.24) is 5.32 Å². The lowest BCUT2D eigenvalue weighted by Crippen LogP contribution is -2.28. The van der Waals surface area contributed by atoms with E-state index < -0.39 is 0 Å². The number of fused-ring (bicyclic) bond motifs is 1. The van der Waals surface area contributed by atoms with Crippen LogP contribution in [0.15, 0.2) is 24.3 Å². The zero-order valence-electron chi connectivity index (χ0n) is 13.0. The molecule has 0 amide bonds. The smallest absolute Gasteiger partial charge is 0.122 e. The van der Waals surface area contributed by atoms with E-state index in [0.717, 1.165) is 18.9 Å². The van der Waals surface area contributed by atoms with Crippen LogP contribution >= 0.6 is 0 Å². The first kappa shape index (κ1) is 15.4. The molecule has 0 aliphatic carbocycles. The quantitative estimate of drug-likeness (QED) is 0.754. The Kier molecular flexibility index (Phi) is 6.38. The van der Waals surface area contributed by atoms with Crippen LogP contribution in [0.5, 0.6) is 5.75 Å². The maximum absolute atomic E-state index is 5.75. The van der Waals surface area contributed by atoms with Gasteiger partial charge in [-0.2, -0.15) is 0 Å². The van der Waals surface area contributed by atoms with E-state index in [1.54, 1.807) is 0 Å². The Morgan fingerprint density at radius 2 is 2.10 bits per heavy atom. The van der Waals surface area contributed by atoms with Gasteiger partial charge in [-0.3, -0.25) is 0 Å². The van der Waals surface area contributed by atoms with Crippen LogP contribution in [0.1, 0.15) is 63.9 Å². The number of hydrogen-bond donors (Lipinski definition) is 1. The Morgan fingerprint density at radius 3 is 2.90 bits per heavy atom. The fourth-order valence-electron chi connectivity index (χ4n) is 3.31. The molecule has 0 spiro atoms. The van der Waals surface area contributed by atoms with Crippen LogP contribution in [0.3, 0.4) is 0 Å². The Balaban J connectivity index is 1.82. The molecule has 112 valence electrons. The van der Waals surface area contributed by atoms with E-state index in [0.29, 0.717) is 12.0 Å². The van der Waals surface area contributed by atoms with Crippen LogP contribution in [0.2, 0.25) is 0 Å². The molecule has 1 aliphatic heterocycles. The summed E-state index contributed by atoms with van der Waals surface area (Å²) in [6.07, 6.45) is 7.68. The Morgan fingerprint density at radius 1 is 1.25 bits per heavy atom. The van der Waals surface area contributed by atoms with Crippen LogP contribution in [-0.2, 0) is 0 Å². The SMILES string of the molecule is CCCC(CCCC1CCOc2ccccc21)NCC. The minimum atomic E-state index is 0.698. The summed E-state index contributed by atoms with van der Waals surface area (Å²) in [5.74, 6) is 1.81. The largest absolute Gasteiger partial charge is 0.493 e. The van der Waals surface area contributed by atoms with Gasteiger partial charge in [0.05, 0.1) is 6.61 Å². The van der Waals surface area contributed by atoms with E-state index in [-0.39, 0.29) is 0 Å². The van der Waals surface area contributed by atoms with Gasteiger partial charge in [-0.05, 0) is 49.8 Å². The highest BCUT2D eigenvalue weighted by molar-refractivity contribution is 5.37. The van der Waals surface area contributed by atoms with E-state index in [1.807, 2.05) is 0 Å². The average Bonchev–Trinajstić information content (AvgIpc) is 2.48. The van der Waals surface area contributed by atoms with Crippen LogP contribution in [-0.4, -0.2) is 19.2 Å². The molecule has 2 unspecified atom stereocenters. The van der Waals surface area contributed by atoms with Crippen molar-refractivity contribution in [2.24, 2.45) is 0 Å². The predicted octanol–water partition coefficient (Wildman–Crippen LogP) is 4.50. The molecule has 2 heteroatoms. The van der Waals surface area contributed by atoms with Crippen molar-refractivity contribution in [2.75, 3.05) is 13.2 Å². The lowest BCUT2D eigenvalue weighted by atomic mass is 9.88. The summed E-state index contributed by atoms with van der Waals surface area (Å²) in [5.41, 5.74) is 1.43. The van der Waals surface area contributed by atoms with E-state index in [9.17, 15) is 0 Å². The van der Waals surface area contributed by atoms with Gasteiger partial charge >= 0.3 is 0 Å². The first-order valence-corrected chi connectivity index (χ1v) is 8.30. The van der Waals surface area contributed by atoms with Crippen LogP contribution in [0.4, 0.5) is 0 Å². The van der Waals surface area contributed by atoms with Crippen molar-refractivity contribution in [3.8, 4) is 5.75 Å². The monoisotopic (exact) mass is 275 g/mol. The fourth-order valence-corrected chi connectivity index (χ4v) is 3.31. The molecule has 0 saturated carbocycles. The van der Waals surface area contributed by atoms with Crippen molar-refractivity contribution in [2.45, 2.75) is 64.3 Å². The zero-order valence-corrected chi connectivity index (χ0v) is 13.0. The molecule has 2 rings (SSSR count). The average molecular weight is 275 g/mol. The Hall–Kier alpha value is -1.02. The minimum Gasteiger partial charge on any atom is -0.493 e. The Bertz CT molecular complexity index is 385. The second-order valence-electron chi connectivity index (χ2n) is 5.85. The standard InChI is InChI=1S/C18H29NO/c1-3-8-16(19-4-2)10-7-9-15-13-14-20-18-12-6-5-11-17(15)18/h5-6,11-12,15-16,19H,3-4,7-10,13-14H2,1-2H3. The van der Waals surface area contributed by atoms with E-state index in [1.165, 1.54) is 44.1 Å². The minimum absolute atomic E-state index is 0.698. The summed E-state index contributed by atoms with van der Waals surface area (Å²) < 4.78 is 5.75. The highest BCUT2D eigenvalue weighted by Gasteiger charge is 2.20. The van der Waals surface area contributed by atoms with Gasteiger partial charge in [-0.15, -0.1) is 0 Å². The summed E-state index contributed by atoms with van der Waals surface area (Å²) in [5, 5.41) is 3.62. The third-order valence-electron chi connectivity index (χ3n) is 4.32. The normalized spacial score (nSPS) is 19.2. The molecule has 1 N–H and O–H groups in total. The summed E-state index contributed by atoms with van der Waals surface area (Å²) >= 11 is 0. The molecule has 0 saturated heterocycles. The van der Waals surface area contributed by atoms with Gasteiger partial charge in [0, 0.05) is 6.04 Å². The van der Waals surface area contributed by atoms with Crippen LogP contribution in [0.25, 0.3) is 0 Å². The van der Waals surface area contributed by atoms with Gasteiger partial charge in [0.1, 0.15) is 5.75 Å². The van der Waals surface area contributed by atoms with Gasteiger partial charge in [0.25, 0.3) is 0 Å². The Labute approximate surface area is 123 Å². The molecule has 0 radical (unpaired) electrons.